The van der Waals surface area contributed by atoms with Gasteiger partial charge < -0.3 is 17.3 Å². The molecule has 180 valence electrons. The first-order chi connectivity index (χ1) is 15.9. The third-order valence-corrected chi connectivity index (χ3v) is 3.77. The molecule has 0 aromatic heterocycles. The van der Waals surface area contributed by atoms with E-state index in [0.717, 1.165) is 11.8 Å². The first-order valence-electron chi connectivity index (χ1n) is 9.49. The molecule has 2 aromatic rings. The number of nitrogens with two attached hydrogens (primary N) is 3. The summed E-state index contributed by atoms with van der Waals surface area (Å²) in [6, 6.07) is 14.2. The average Bonchev–Trinajstić information content (AvgIpc) is 2.83. The molecule has 0 saturated carbocycles. The zero-order valence-corrected chi connectivity index (χ0v) is 19.8. The average molecular weight is 499 g/mol. The number of hydroxylamine groups is 2. The molecule has 0 bridgehead atoms. The topological polar surface area (TPSA) is 175 Å². The van der Waals surface area contributed by atoms with E-state index in [1.54, 1.807) is 30.3 Å². The molecule has 2 rings (SSSR count). The molecule has 0 heterocycles. The van der Waals surface area contributed by atoms with Crippen LogP contribution in [0.15, 0.2) is 63.8 Å². The van der Waals surface area contributed by atoms with Crippen molar-refractivity contribution in [3.05, 3.63) is 69.7 Å². The van der Waals surface area contributed by atoms with Crippen LogP contribution >= 0.6 is 23.2 Å². The number of aldehydes is 1. The summed E-state index contributed by atoms with van der Waals surface area (Å²) in [7, 11) is 0. The van der Waals surface area contributed by atoms with E-state index in [2.05, 4.69) is 31.1 Å². The molecule has 0 spiro atoms. The Morgan fingerprint density at radius 3 is 1.82 bits per heavy atom. The fraction of sp³-hybridized carbons (Fsp3) is 0.200. The van der Waals surface area contributed by atoms with Gasteiger partial charge in [-0.3, -0.25) is 14.5 Å². The minimum absolute atomic E-state index is 0.0758. The molecule has 0 unspecified atom stereocenters. The van der Waals surface area contributed by atoms with Crippen LogP contribution in [-0.4, -0.2) is 37.6 Å². The molecule has 0 aliphatic heterocycles. The van der Waals surface area contributed by atoms with E-state index in [4.69, 9.17) is 45.3 Å². The van der Waals surface area contributed by atoms with Crippen LogP contribution in [0.3, 0.4) is 0 Å². The molecule has 8 N–H and O–H groups in total. The molecule has 0 aliphatic rings. The number of benzene rings is 2. The Balaban J connectivity index is 0.000000511. The largest absolute Gasteiger partial charge is 0.367 e. The summed E-state index contributed by atoms with van der Waals surface area (Å²) >= 11 is 11.5. The Morgan fingerprint density at radius 1 is 0.909 bits per heavy atom. The predicted octanol–water partition coefficient (Wildman–Crippen LogP) is 2.40. The van der Waals surface area contributed by atoms with Gasteiger partial charge in [0.15, 0.2) is 6.29 Å². The number of hydrazone groups is 1. The quantitative estimate of drug-likeness (QED) is 0.127. The normalized spacial score (nSPS) is 11.0. The summed E-state index contributed by atoms with van der Waals surface area (Å²) in [5.41, 5.74) is 16.5. The van der Waals surface area contributed by atoms with Crippen LogP contribution in [-0.2, 0) is 9.68 Å². The Bertz CT molecular complexity index is 910. The van der Waals surface area contributed by atoms with Gasteiger partial charge in [-0.25, -0.2) is 11.0 Å². The van der Waals surface area contributed by atoms with Crippen LogP contribution in [0.5, 0.6) is 0 Å². The first kappa shape index (κ1) is 29.6. The van der Waals surface area contributed by atoms with E-state index in [0.29, 0.717) is 28.8 Å². The van der Waals surface area contributed by atoms with E-state index < -0.39 is 0 Å². The predicted molar refractivity (Wildman–Crippen MR) is 133 cm³/mol. The molecule has 0 amide bonds. The second-order valence-corrected chi connectivity index (χ2v) is 6.29. The van der Waals surface area contributed by atoms with Crippen LogP contribution < -0.4 is 28.3 Å². The van der Waals surface area contributed by atoms with Gasteiger partial charge in [0.1, 0.15) is 0 Å². The van der Waals surface area contributed by atoms with Gasteiger partial charge in [-0.1, -0.05) is 59.6 Å². The van der Waals surface area contributed by atoms with Crippen LogP contribution in [0.2, 0.25) is 10.0 Å². The van der Waals surface area contributed by atoms with Crippen LogP contribution in [0, 0.1) is 0 Å². The second-order valence-electron chi connectivity index (χ2n) is 5.48. The minimum atomic E-state index is 0.0758. The number of nitrogens with one attached hydrogen (secondary N) is 2. The fourth-order valence-corrected chi connectivity index (χ4v) is 2.01. The molecule has 2 aromatic carbocycles. The third-order valence-electron chi connectivity index (χ3n) is 3.08. The number of nitrogens with zero attached hydrogens (tertiary/aromatic N) is 3. The lowest BCUT2D eigenvalue weighted by Crippen LogP contribution is -2.32. The highest BCUT2D eigenvalue weighted by atomic mass is 35.5. The number of hydrogen-bond donors (Lipinski definition) is 5. The van der Waals surface area contributed by atoms with Crippen LogP contribution in [0.4, 0.5) is 0 Å². The zero-order chi connectivity index (χ0) is 24.9. The monoisotopic (exact) mass is 498 g/mol. The molecule has 0 fully saturated rings. The van der Waals surface area contributed by atoms with Gasteiger partial charge in [0, 0.05) is 16.1 Å². The number of carbonyl (C=O) groups is 1. The summed E-state index contributed by atoms with van der Waals surface area (Å²) in [6.45, 7) is 4.66. The highest BCUT2D eigenvalue weighted by Crippen LogP contribution is 2.12. The maximum atomic E-state index is 10.1. The first-order valence-corrected chi connectivity index (χ1v) is 10.2. The summed E-state index contributed by atoms with van der Waals surface area (Å²) < 4.78 is 0. The van der Waals surface area contributed by atoms with E-state index in [-0.39, 0.29) is 11.9 Å². The van der Waals surface area contributed by atoms with Gasteiger partial charge in [-0.15, -0.1) is 10.2 Å². The highest BCUT2D eigenvalue weighted by Gasteiger charge is 1.94. The van der Waals surface area contributed by atoms with Crippen LogP contribution in [0.1, 0.15) is 29.8 Å². The maximum absolute atomic E-state index is 10.1. The van der Waals surface area contributed by atoms with E-state index >= 15 is 0 Å². The van der Waals surface area contributed by atoms with Crippen molar-refractivity contribution in [3.8, 4) is 0 Å². The second kappa shape index (κ2) is 19.3. The van der Waals surface area contributed by atoms with Crippen molar-refractivity contribution in [1.82, 2.24) is 11.0 Å². The van der Waals surface area contributed by atoms with Crippen molar-refractivity contribution in [1.29, 1.82) is 0 Å². The summed E-state index contributed by atoms with van der Waals surface area (Å²) in [5, 5.41) is 11.6. The zero-order valence-electron chi connectivity index (χ0n) is 18.2. The Labute approximate surface area is 202 Å². The van der Waals surface area contributed by atoms with Crippen molar-refractivity contribution in [2.45, 2.75) is 13.8 Å². The lowest BCUT2D eigenvalue weighted by Gasteiger charge is -2.00. The maximum Gasteiger partial charge on any atom is 0.237 e. The number of hydrogen-bond acceptors (Lipinski definition) is 7. The highest BCUT2D eigenvalue weighted by molar-refractivity contribution is 6.33. The number of guanidine groups is 2. The number of halogens is 2. The van der Waals surface area contributed by atoms with Gasteiger partial charge >= 0.3 is 0 Å². The van der Waals surface area contributed by atoms with Crippen molar-refractivity contribution in [2.75, 3.05) is 13.2 Å². The Hall–Kier alpha value is -3.38. The molecule has 0 saturated heterocycles. The molecule has 11 nitrogen and oxygen atoms in total. The number of rotatable bonds is 7. The Morgan fingerprint density at radius 2 is 1.39 bits per heavy atom. The van der Waals surface area contributed by atoms with Gasteiger partial charge in [0.2, 0.25) is 11.9 Å². The molecule has 13 heteroatoms. The molecular weight excluding hydrogens is 471 g/mol. The lowest BCUT2D eigenvalue weighted by molar-refractivity contribution is 0.0957. The molecule has 0 atom stereocenters. The lowest BCUT2D eigenvalue weighted by atomic mass is 10.2. The SMILES string of the molecule is CCONC(N)=N/N=C/c1ccccc1Cl.CCONC(N)=NN.O=Cc1ccccc1Cl. The smallest absolute Gasteiger partial charge is 0.237 e. The Kier molecular flexibility index (Phi) is 17.3. The van der Waals surface area contributed by atoms with E-state index in [9.17, 15) is 4.79 Å². The van der Waals surface area contributed by atoms with Crippen molar-refractivity contribution < 1.29 is 14.5 Å². The van der Waals surface area contributed by atoms with Gasteiger partial charge in [-0.2, -0.15) is 5.10 Å². The van der Waals surface area contributed by atoms with Crippen molar-refractivity contribution in [2.24, 2.45) is 32.6 Å². The van der Waals surface area contributed by atoms with Crippen molar-refractivity contribution in [3.63, 3.8) is 0 Å². The van der Waals surface area contributed by atoms with E-state index in [1.165, 1.54) is 6.21 Å². The summed E-state index contributed by atoms with van der Waals surface area (Å²) in [6.07, 6.45) is 2.26. The molecule has 0 radical (unpaired) electrons. The van der Waals surface area contributed by atoms with E-state index in [1.807, 2.05) is 32.0 Å². The third kappa shape index (κ3) is 15.1. The standard InChI is InChI=1S/C10H13ClN4O.C7H5ClO.C3H10N4O/c1-2-16-15-10(12)14-13-7-8-5-3-4-6-9(8)11;8-7-4-2-1-3-6(7)5-9;1-2-8-7-3(4)6-5/h3-7H,2H2,1H3,(H3,12,14,15);1-5H;2,5H2,1H3,(H3,4,6,7)/b13-7+;;. The van der Waals surface area contributed by atoms with Crippen molar-refractivity contribution >= 4 is 47.6 Å². The minimum Gasteiger partial charge on any atom is -0.367 e. The molecule has 33 heavy (non-hydrogen) atoms. The van der Waals surface area contributed by atoms with Gasteiger partial charge in [0.05, 0.1) is 24.5 Å². The van der Waals surface area contributed by atoms with Gasteiger partial charge in [-0.05, 0) is 26.0 Å². The summed E-state index contributed by atoms with van der Waals surface area (Å²) in [5.74, 6) is 4.90. The van der Waals surface area contributed by atoms with Crippen LogP contribution in [0.25, 0.3) is 0 Å². The number of carbonyl (C=O) groups excluding carboxylic acids is 1. The molecular formula is C20H28Cl2N8O3. The van der Waals surface area contributed by atoms with Gasteiger partial charge in [0.25, 0.3) is 0 Å². The molecule has 0 aliphatic carbocycles. The fourth-order valence-electron chi connectivity index (χ4n) is 1.64. The summed E-state index contributed by atoms with van der Waals surface area (Å²) in [4.78, 5) is 19.6.